The Morgan fingerprint density at radius 3 is 2.62 bits per heavy atom. The van der Waals surface area contributed by atoms with E-state index >= 15 is 0 Å². The van der Waals surface area contributed by atoms with Crippen molar-refractivity contribution in [1.29, 1.82) is 0 Å². The highest BCUT2D eigenvalue weighted by atomic mass is 16.5. The van der Waals surface area contributed by atoms with Crippen molar-refractivity contribution < 1.29 is 9.53 Å². The van der Waals surface area contributed by atoms with Crippen molar-refractivity contribution in [2.24, 2.45) is 0 Å². The molecule has 29 heavy (non-hydrogen) atoms. The predicted molar refractivity (Wildman–Crippen MR) is 111 cm³/mol. The third kappa shape index (κ3) is 4.14. The molecule has 0 aliphatic carbocycles. The third-order valence-corrected chi connectivity index (χ3v) is 5.37. The number of methoxy groups -OCH3 is 1. The predicted octanol–water partition coefficient (Wildman–Crippen LogP) is 2.50. The zero-order valence-corrected chi connectivity index (χ0v) is 16.4. The van der Waals surface area contributed by atoms with E-state index < -0.39 is 0 Å². The standard InChI is InChI=1S/C22H24N4O3/c1-29-16-10-8-15(9-11-16)19(26-12-4-5-13-26)14-23-22(28)20-24-18-7-3-2-6-17(18)21(27)25-20/h2-3,6-11,19H,4-5,12-14H2,1H3,(H,23,28)(H,24,25,27)/t19-/m1/s1. The SMILES string of the molecule is COc1ccc([C@@H](CNC(=O)c2nc3ccccc3c(=O)[nH]2)N2CCCC2)cc1. The molecule has 2 heterocycles. The van der Waals surface area contributed by atoms with Crippen molar-refractivity contribution in [3.8, 4) is 5.75 Å². The molecule has 0 bridgehead atoms. The number of H-pyrrole nitrogens is 1. The van der Waals surface area contributed by atoms with Gasteiger partial charge >= 0.3 is 0 Å². The highest BCUT2D eigenvalue weighted by molar-refractivity contribution is 5.92. The van der Waals surface area contributed by atoms with Crippen molar-refractivity contribution in [3.05, 3.63) is 70.3 Å². The number of nitrogens with zero attached hydrogens (tertiary/aromatic N) is 2. The maximum atomic E-state index is 12.7. The molecule has 0 spiro atoms. The topological polar surface area (TPSA) is 87.3 Å². The second-order valence-electron chi connectivity index (χ2n) is 7.17. The molecule has 0 unspecified atom stereocenters. The van der Waals surface area contributed by atoms with Crippen LogP contribution in [-0.2, 0) is 0 Å². The number of para-hydroxylation sites is 1. The number of aromatic amines is 1. The minimum atomic E-state index is -0.384. The Bertz CT molecular complexity index is 1060. The van der Waals surface area contributed by atoms with Crippen LogP contribution in [0.3, 0.4) is 0 Å². The third-order valence-electron chi connectivity index (χ3n) is 5.37. The van der Waals surface area contributed by atoms with Gasteiger partial charge < -0.3 is 15.0 Å². The highest BCUT2D eigenvalue weighted by Crippen LogP contribution is 2.26. The van der Waals surface area contributed by atoms with E-state index in [1.807, 2.05) is 24.3 Å². The Labute approximate surface area is 168 Å². The number of likely N-dealkylation sites (tertiary alicyclic amines) is 1. The van der Waals surface area contributed by atoms with E-state index in [0.717, 1.165) is 37.2 Å². The molecule has 7 heteroatoms. The molecule has 1 aromatic heterocycles. The molecule has 0 radical (unpaired) electrons. The average Bonchev–Trinajstić information content (AvgIpc) is 3.29. The largest absolute Gasteiger partial charge is 0.497 e. The van der Waals surface area contributed by atoms with Crippen molar-refractivity contribution in [1.82, 2.24) is 20.2 Å². The maximum Gasteiger partial charge on any atom is 0.287 e. The van der Waals surface area contributed by atoms with Gasteiger partial charge in [0.25, 0.3) is 11.5 Å². The van der Waals surface area contributed by atoms with Crippen LogP contribution in [0.2, 0.25) is 0 Å². The summed E-state index contributed by atoms with van der Waals surface area (Å²) in [7, 11) is 1.64. The van der Waals surface area contributed by atoms with Crippen LogP contribution in [0, 0.1) is 0 Å². The zero-order chi connectivity index (χ0) is 20.2. The lowest BCUT2D eigenvalue weighted by atomic mass is 10.1. The van der Waals surface area contributed by atoms with Gasteiger partial charge in [0.15, 0.2) is 5.82 Å². The summed E-state index contributed by atoms with van der Waals surface area (Å²) in [6.07, 6.45) is 2.31. The summed E-state index contributed by atoms with van der Waals surface area (Å²) in [5.74, 6) is 0.449. The summed E-state index contributed by atoms with van der Waals surface area (Å²) in [5.41, 5.74) is 1.31. The Morgan fingerprint density at radius 2 is 1.90 bits per heavy atom. The Hall–Kier alpha value is -3.19. The van der Waals surface area contributed by atoms with Gasteiger partial charge in [0.1, 0.15) is 5.75 Å². The number of carbonyl (C=O) groups excluding carboxylic acids is 1. The van der Waals surface area contributed by atoms with Crippen LogP contribution in [0.15, 0.2) is 53.3 Å². The number of ether oxygens (including phenoxy) is 1. The second-order valence-corrected chi connectivity index (χ2v) is 7.17. The Morgan fingerprint density at radius 1 is 1.17 bits per heavy atom. The van der Waals surface area contributed by atoms with E-state index in [1.54, 1.807) is 31.4 Å². The molecule has 7 nitrogen and oxygen atoms in total. The number of nitrogens with one attached hydrogen (secondary N) is 2. The minimum absolute atomic E-state index is 0.0311. The van der Waals surface area contributed by atoms with E-state index in [1.165, 1.54) is 0 Å². The van der Waals surface area contributed by atoms with Crippen LogP contribution >= 0.6 is 0 Å². The molecule has 1 amide bonds. The molecule has 1 atom stereocenters. The molecule has 4 rings (SSSR count). The van der Waals surface area contributed by atoms with Gasteiger partial charge in [-0.15, -0.1) is 0 Å². The first-order chi connectivity index (χ1) is 14.2. The molecule has 3 aromatic rings. The fraction of sp³-hybridized carbons (Fsp3) is 0.318. The van der Waals surface area contributed by atoms with E-state index in [2.05, 4.69) is 20.2 Å². The lowest BCUT2D eigenvalue weighted by molar-refractivity contribution is 0.0927. The van der Waals surface area contributed by atoms with Gasteiger partial charge in [-0.25, -0.2) is 4.98 Å². The number of hydrogen-bond acceptors (Lipinski definition) is 5. The van der Waals surface area contributed by atoms with Crippen LogP contribution < -0.4 is 15.6 Å². The molecule has 2 N–H and O–H groups in total. The van der Waals surface area contributed by atoms with Gasteiger partial charge in [-0.3, -0.25) is 14.5 Å². The molecule has 1 aliphatic heterocycles. The molecule has 1 saturated heterocycles. The smallest absolute Gasteiger partial charge is 0.287 e. The van der Waals surface area contributed by atoms with Crippen LogP contribution in [0.5, 0.6) is 5.75 Å². The fourth-order valence-electron chi connectivity index (χ4n) is 3.80. The first kappa shape index (κ1) is 19.1. The monoisotopic (exact) mass is 392 g/mol. The summed E-state index contributed by atoms with van der Waals surface area (Å²) in [6, 6.07) is 15.0. The van der Waals surface area contributed by atoms with Crippen molar-refractivity contribution in [2.75, 3.05) is 26.7 Å². The van der Waals surface area contributed by atoms with Crippen molar-refractivity contribution in [3.63, 3.8) is 0 Å². The summed E-state index contributed by atoms with van der Waals surface area (Å²) < 4.78 is 5.25. The van der Waals surface area contributed by atoms with E-state index in [0.29, 0.717) is 17.4 Å². The lowest BCUT2D eigenvalue weighted by Crippen LogP contribution is -2.37. The van der Waals surface area contributed by atoms with Crippen LogP contribution in [0.25, 0.3) is 10.9 Å². The summed E-state index contributed by atoms with van der Waals surface area (Å²) in [4.78, 5) is 34.2. The van der Waals surface area contributed by atoms with Gasteiger partial charge in [0.05, 0.1) is 24.1 Å². The molecular formula is C22H24N4O3. The number of fused-ring (bicyclic) bond motifs is 1. The summed E-state index contributed by atoms with van der Waals surface area (Å²) in [6.45, 7) is 2.43. The van der Waals surface area contributed by atoms with Gasteiger partial charge in [-0.05, 0) is 55.8 Å². The minimum Gasteiger partial charge on any atom is -0.497 e. The van der Waals surface area contributed by atoms with Crippen molar-refractivity contribution >= 4 is 16.8 Å². The van der Waals surface area contributed by atoms with Crippen LogP contribution in [0.4, 0.5) is 0 Å². The van der Waals surface area contributed by atoms with E-state index in [4.69, 9.17) is 4.74 Å². The number of rotatable bonds is 6. The molecule has 150 valence electrons. The number of benzene rings is 2. The quantitative estimate of drug-likeness (QED) is 0.673. The van der Waals surface area contributed by atoms with Crippen LogP contribution in [-0.4, -0.2) is 47.5 Å². The van der Waals surface area contributed by atoms with E-state index in [-0.39, 0.29) is 23.3 Å². The van der Waals surface area contributed by atoms with E-state index in [9.17, 15) is 9.59 Å². The van der Waals surface area contributed by atoms with Gasteiger partial charge in [0, 0.05) is 6.54 Å². The number of aromatic nitrogens is 2. The Balaban J connectivity index is 1.53. The molecule has 2 aromatic carbocycles. The summed E-state index contributed by atoms with van der Waals surface area (Å²) >= 11 is 0. The normalized spacial score (nSPS) is 15.3. The molecule has 0 saturated carbocycles. The zero-order valence-electron chi connectivity index (χ0n) is 16.4. The number of hydrogen-bond donors (Lipinski definition) is 2. The number of carbonyl (C=O) groups is 1. The molecule has 1 fully saturated rings. The highest BCUT2D eigenvalue weighted by Gasteiger charge is 2.24. The number of amides is 1. The van der Waals surface area contributed by atoms with Gasteiger partial charge in [-0.2, -0.15) is 0 Å². The Kier molecular flexibility index (Phi) is 5.57. The maximum absolute atomic E-state index is 12.7. The first-order valence-corrected chi connectivity index (χ1v) is 9.81. The molecular weight excluding hydrogens is 368 g/mol. The second kappa shape index (κ2) is 8.45. The molecule has 1 aliphatic rings. The summed E-state index contributed by atoms with van der Waals surface area (Å²) in [5, 5.41) is 3.42. The lowest BCUT2D eigenvalue weighted by Gasteiger charge is -2.28. The van der Waals surface area contributed by atoms with Gasteiger partial charge in [0.2, 0.25) is 0 Å². The van der Waals surface area contributed by atoms with Gasteiger partial charge in [-0.1, -0.05) is 24.3 Å². The van der Waals surface area contributed by atoms with Crippen molar-refractivity contribution in [2.45, 2.75) is 18.9 Å². The van der Waals surface area contributed by atoms with Crippen LogP contribution in [0.1, 0.15) is 35.1 Å². The fourth-order valence-corrected chi connectivity index (χ4v) is 3.80. The first-order valence-electron chi connectivity index (χ1n) is 9.81. The average molecular weight is 392 g/mol.